The third kappa shape index (κ3) is 4.07. The van der Waals surface area contributed by atoms with Gasteiger partial charge in [0, 0.05) is 49.2 Å². The molecule has 0 aliphatic carbocycles. The van der Waals surface area contributed by atoms with Crippen molar-refractivity contribution in [1.82, 2.24) is 30.2 Å². The van der Waals surface area contributed by atoms with Crippen molar-refractivity contribution in [2.45, 2.75) is 45.2 Å². The predicted octanol–water partition coefficient (Wildman–Crippen LogP) is 4.43. The van der Waals surface area contributed by atoms with Crippen molar-refractivity contribution in [1.29, 1.82) is 0 Å². The molecule has 2 atom stereocenters. The van der Waals surface area contributed by atoms with Gasteiger partial charge in [-0.3, -0.25) is 0 Å². The predicted molar refractivity (Wildman–Crippen MR) is 161 cm³/mol. The van der Waals surface area contributed by atoms with Crippen LogP contribution in [0, 0.1) is 11.2 Å². The number of fused-ring (bicyclic) bond motifs is 6. The molecule has 0 radical (unpaired) electrons. The zero-order valence-electron chi connectivity index (χ0n) is 23.8. The Morgan fingerprint density at radius 3 is 2.62 bits per heavy atom. The molecule has 0 saturated carbocycles. The molecule has 2 aromatic carbocycles. The zero-order valence-corrected chi connectivity index (χ0v) is 23.8. The second-order valence-electron chi connectivity index (χ2n) is 12.5. The molecule has 3 saturated heterocycles. The van der Waals surface area contributed by atoms with Crippen LogP contribution in [0.15, 0.2) is 42.6 Å². The second kappa shape index (κ2) is 9.50. The van der Waals surface area contributed by atoms with Crippen LogP contribution in [0.4, 0.5) is 10.2 Å². The maximum Gasteiger partial charge on any atom is 0.318 e. The molecule has 2 unspecified atom stereocenters. The number of aromatic nitrogens is 4. The van der Waals surface area contributed by atoms with Crippen molar-refractivity contribution >= 4 is 33.0 Å². The fraction of sp³-hybridized carbons (Fsp3) is 0.406. The van der Waals surface area contributed by atoms with Crippen molar-refractivity contribution < 1.29 is 14.2 Å². The Bertz CT molecular complexity index is 1860. The van der Waals surface area contributed by atoms with E-state index in [9.17, 15) is 5.11 Å². The molecular weight excluding hydrogens is 533 g/mol. The third-order valence-corrected chi connectivity index (χ3v) is 9.25. The molecule has 3 aliphatic rings. The Balaban J connectivity index is 1.37. The normalized spacial score (nSPS) is 21.4. The van der Waals surface area contributed by atoms with E-state index in [0.29, 0.717) is 42.2 Å². The van der Waals surface area contributed by atoms with Crippen molar-refractivity contribution in [3.8, 4) is 23.0 Å². The Morgan fingerprint density at radius 2 is 1.88 bits per heavy atom. The summed E-state index contributed by atoms with van der Waals surface area (Å²) in [5, 5.41) is 25.0. The van der Waals surface area contributed by atoms with Crippen molar-refractivity contribution in [2.75, 3.05) is 37.7 Å². The monoisotopic (exact) mass is 567 g/mol. The molecule has 3 aromatic heterocycles. The lowest BCUT2D eigenvalue weighted by Crippen LogP contribution is -2.54. The van der Waals surface area contributed by atoms with E-state index in [1.54, 1.807) is 24.4 Å². The van der Waals surface area contributed by atoms with Crippen LogP contribution in [0.5, 0.6) is 11.8 Å². The van der Waals surface area contributed by atoms with Gasteiger partial charge in [-0.15, -0.1) is 0 Å². The number of nitrogens with one attached hydrogen (secondary N) is 2. The van der Waals surface area contributed by atoms with E-state index in [2.05, 4.69) is 22.5 Å². The Kier molecular flexibility index (Phi) is 5.81. The van der Waals surface area contributed by atoms with Gasteiger partial charge < -0.3 is 25.4 Å². The Hall–Kier alpha value is -4.02. The number of piperazine rings is 1. The molecule has 3 aliphatic heterocycles. The summed E-state index contributed by atoms with van der Waals surface area (Å²) in [6, 6.07) is 11.7. The van der Waals surface area contributed by atoms with E-state index >= 15 is 4.39 Å². The average molecular weight is 568 g/mol. The van der Waals surface area contributed by atoms with Gasteiger partial charge in [-0.25, -0.2) is 8.91 Å². The van der Waals surface area contributed by atoms with Crippen molar-refractivity contribution in [3.63, 3.8) is 0 Å². The Labute approximate surface area is 242 Å². The van der Waals surface area contributed by atoms with E-state index in [-0.39, 0.29) is 17.0 Å². The van der Waals surface area contributed by atoms with Crippen LogP contribution in [0.3, 0.4) is 0 Å². The van der Waals surface area contributed by atoms with Gasteiger partial charge in [0.05, 0.1) is 34.9 Å². The van der Waals surface area contributed by atoms with E-state index in [1.807, 2.05) is 23.6 Å². The molecule has 8 rings (SSSR count). The number of rotatable bonds is 6. The first kappa shape index (κ1) is 25.7. The number of halogens is 1. The molecule has 0 spiro atoms. The van der Waals surface area contributed by atoms with Gasteiger partial charge in [-0.05, 0) is 65.9 Å². The van der Waals surface area contributed by atoms with E-state index < -0.39 is 0 Å². The molecule has 2 bridgehead atoms. The van der Waals surface area contributed by atoms with Crippen molar-refractivity contribution in [2.24, 2.45) is 5.41 Å². The summed E-state index contributed by atoms with van der Waals surface area (Å²) in [5.74, 6) is 0.697. The molecule has 10 heteroatoms. The first-order chi connectivity index (χ1) is 20.4. The first-order valence-electron chi connectivity index (χ1n) is 14.9. The molecule has 42 heavy (non-hydrogen) atoms. The standard InChI is InChI=1S/C32H34FN7O2/c1-3-22-24(33)7-4-18-10-21(41)11-23(28(18)22)27-12-25-29(26-8-9-35-40(26)27)30(39-13-19-5-6-20(14-39)36-19)38-31(37-25)42-17-32(2)15-34-16-32/h4,7-12,19-20,34,36,41H,3,5-6,13-17H2,1-2H3. The van der Waals surface area contributed by atoms with Crippen LogP contribution >= 0.6 is 0 Å². The van der Waals surface area contributed by atoms with Gasteiger partial charge >= 0.3 is 6.01 Å². The van der Waals surface area contributed by atoms with Crippen molar-refractivity contribution in [3.05, 3.63) is 54.0 Å². The number of aryl methyl sites for hydroxylation is 1. The quantitative estimate of drug-likeness (QED) is 0.277. The van der Waals surface area contributed by atoms with E-state index in [4.69, 9.17) is 19.8 Å². The second-order valence-corrected chi connectivity index (χ2v) is 12.5. The SMILES string of the molecule is CCc1c(F)ccc2cc(O)cc(-c3cc4nc(OCC5(C)CNC5)nc(N5CC6CCC(C5)N6)c4c4ccnn34)c12. The third-order valence-electron chi connectivity index (χ3n) is 9.25. The summed E-state index contributed by atoms with van der Waals surface area (Å²) in [5.41, 5.74) is 3.66. The molecular formula is C32H34FN7O2. The highest BCUT2D eigenvalue weighted by atomic mass is 19.1. The highest BCUT2D eigenvalue weighted by Gasteiger charge is 2.35. The lowest BCUT2D eigenvalue weighted by atomic mass is 9.85. The number of ether oxygens (including phenoxy) is 1. The molecule has 9 nitrogen and oxygen atoms in total. The number of benzene rings is 2. The minimum absolute atomic E-state index is 0.0499. The largest absolute Gasteiger partial charge is 0.508 e. The number of phenols is 1. The Morgan fingerprint density at radius 1 is 1.07 bits per heavy atom. The molecule has 216 valence electrons. The zero-order chi connectivity index (χ0) is 28.6. The molecule has 6 heterocycles. The number of nitrogens with zero attached hydrogens (tertiary/aromatic N) is 5. The smallest absolute Gasteiger partial charge is 0.318 e. The summed E-state index contributed by atoms with van der Waals surface area (Å²) < 4.78 is 23.2. The number of anilines is 1. The summed E-state index contributed by atoms with van der Waals surface area (Å²) in [6.45, 7) is 8.19. The molecule has 3 fully saturated rings. The topological polar surface area (TPSA) is 99.8 Å². The van der Waals surface area contributed by atoms with Crippen LogP contribution in [0.2, 0.25) is 0 Å². The minimum atomic E-state index is -0.262. The molecule has 3 N–H and O–H groups in total. The molecule has 0 amide bonds. The minimum Gasteiger partial charge on any atom is -0.508 e. The summed E-state index contributed by atoms with van der Waals surface area (Å²) >= 11 is 0. The fourth-order valence-electron chi connectivity index (χ4n) is 7.07. The maximum absolute atomic E-state index is 15.1. The van der Waals surface area contributed by atoms with Gasteiger partial charge in [-0.2, -0.15) is 15.1 Å². The fourth-order valence-corrected chi connectivity index (χ4v) is 7.07. The lowest BCUT2D eigenvalue weighted by molar-refractivity contribution is 0.0957. The average Bonchev–Trinajstić information content (AvgIpc) is 3.59. The van der Waals surface area contributed by atoms with Gasteiger partial charge in [0.1, 0.15) is 17.4 Å². The van der Waals surface area contributed by atoms with Crippen LogP contribution in [-0.2, 0) is 6.42 Å². The highest BCUT2D eigenvalue weighted by molar-refractivity contribution is 6.06. The van der Waals surface area contributed by atoms with Crippen LogP contribution in [0.25, 0.3) is 38.4 Å². The first-order valence-corrected chi connectivity index (χ1v) is 14.9. The number of pyridine rings is 1. The van der Waals surface area contributed by atoms with Gasteiger partial charge in [0.25, 0.3) is 0 Å². The van der Waals surface area contributed by atoms with Crippen LogP contribution in [0.1, 0.15) is 32.3 Å². The van der Waals surface area contributed by atoms with Gasteiger partial charge in [-0.1, -0.05) is 19.9 Å². The number of hydrogen-bond donors (Lipinski definition) is 3. The van der Waals surface area contributed by atoms with Crippen LogP contribution in [-0.4, -0.2) is 69.6 Å². The highest BCUT2D eigenvalue weighted by Crippen LogP contribution is 2.40. The molecule has 5 aromatic rings. The van der Waals surface area contributed by atoms with E-state index in [0.717, 1.165) is 77.7 Å². The summed E-state index contributed by atoms with van der Waals surface area (Å²) in [6.07, 6.45) is 4.60. The summed E-state index contributed by atoms with van der Waals surface area (Å²) in [7, 11) is 0. The lowest BCUT2D eigenvalue weighted by Gasteiger charge is -2.38. The van der Waals surface area contributed by atoms with Gasteiger partial charge in [0.2, 0.25) is 0 Å². The van der Waals surface area contributed by atoms with Gasteiger partial charge in [0.15, 0.2) is 0 Å². The number of hydrogen-bond acceptors (Lipinski definition) is 8. The van der Waals surface area contributed by atoms with E-state index in [1.165, 1.54) is 6.07 Å². The summed E-state index contributed by atoms with van der Waals surface area (Å²) in [4.78, 5) is 12.3. The maximum atomic E-state index is 15.1. The number of phenolic OH excluding ortho intramolecular Hbond substituents is 1. The van der Waals surface area contributed by atoms with Crippen LogP contribution < -0.4 is 20.3 Å². The number of aromatic hydroxyl groups is 1.